The third kappa shape index (κ3) is 1.65. The minimum Gasteiger partial charge on any atom is -0.393 e. The Morgan fingerprint density at radius 1 is 0.864 bits per heavy atom. The molecule has 124 valence electrons. The van der Waals surface area contributed by atoms with E-state index in [-0.39, 0.29) is 0 Å². The predicted molar refractivity (Wildman–Crippen MR) is 68.5 cm³/mol. The number of ether oxygens (including phenoxy) is 1. The van der Waals surface area contributed by atoms with Crippen molar-refractivity contribution in [2.45, 2.75) is 50.2 Å². The maximum absolute atomic E-state index is 12.3. The third-order valence-electron chi connectivity index (χ3n) is 3.78. The lowest BCUT2D eigenvalue weighted by Gasteiger charge is -2.41. The van der Waals surface area contributed by atoms with Crippen molar-refractivity contribution in [1.29, 1.82) is 0 Å². The fourth-order valence-corrected chi connectivity index (χ4v) is 2.51. The van der Waals surface area contributed by atoms with Gasteiger partial charge in [0.2, 0.25) is 11.2 Å². The Kier molecular flexibility index (Phi) is 2.95. The van der Waals surface area contributed by atoms with Crippen molar-refractivity contribution < 1.29 is 49.8 Å². The maximum atomic E-state index is 12.3. The summed E-state index contributed by atoms with van der Waals surface area (Å²) in [6, 6.07) is 0. The first-order valence-corrected chi connectivity index (χ1v) is 5.73. The highest BCUT2D eigenvalue weighted by Gasteiger charge is 2.86. The molecule has 22 heavy (non-hydrogen) atoms. The average Bonchev–Trinajstić information content (AvgIpc) is 2.83. The van der Waals surface area contributed by atoms with Crippen LogP contribution < -0.4 is 0 Å². The molecule has 0 aromatic heterocycles. The highest BCUT2D eigenvalue weighted by Crippen LogP contribution is 2.53. The van der Waals surface area contributed by atoms with Crippen molar-refractivity contribution in [3.8, 4) is 0 Å². The highest BCUT2D eigenvalue weighted by molar-refractivity contribution is 6.10. The molecule has 1 rings (SSSR count). The molecule has 1 fully saturated rings. The van der Waals surface area contributed by atoms with Crippen molar-refractivity contribution in [1.82, 2.24) is 0 Å². The summed E-state index contributed by atoms with van der Waals surface area (Å²) in [5, 5.41) is 41.8. The number of carbonyl (C=O) groups is 4. The summed E-state index contributed by atoms with van der Waals surface area (Å²) >= 11 is 0. The van der Waals surface area contributed by atoms with E-state index in [1.54, 1.807) is 0 Å². The molecule has 4 N–H and O–H groups in total. The minimum atomic E-state index is -3.97. The van der Waals surface area contributed by atoms with Crippen LogP contribution in [0.15, 0.2) is 0 Å². The first-order chi connectivity index (χ1) is 11.9. The summed E-state index contributed by atoms with van der Waals surface area (Å²) < 4.78 is 33.1. The van der Waals surface area contributed by atoms with E-state index in [9.17, 15) is 39.6 Å². The molecule has 9 heteroatoms. The SMILES string of the molecule is [2H]CC(=O)C1(O)O[C@@](CO)(C(=O)C[2H])[C@](O)(C(=O)C[2H])[C@]1(O)C(=O)C[2H]. The third-order valence-corrected chi connectivity index (χ3v) is 3.78. The van der Waals surface area contributed by atoms with Gasteiger partial charge < -0.3 is 25.2 Å². The number of carbonyl (C=O) groups excluding carboxylic acids is 4. The summed E-state index contributed by atoms with van der Waals surface area (Å²) in [6.07, 6.45) is 0. The van der Waals surface area contributed by atoms with Crippen LogP contribution in [0.3, 0.4) is 0 Å². The number of hydrogen-bond acceptors (Lipinski definition) is 9. The van der Waals surface area contributed by atoms with Crippen LogP contribution in [0, 0.1) is 0 Å². The molecule has 1 unspecified atom stereocenters. The fraction of sp³-hybridized carbons (Fsp3) is 0.692. The second-order valence-corrected chi connectivity index (χ2v) is 4.84. The molecule has 0 bridgehead atoms. The number of aliphatic hydroxyl groups is 4. The van der Waals surface area contributed by atoms with Crippen LogP contribution in [-0.4, -0.2) is 72.8 Å². The second kappa shape index (κ2) is 5.00. The summed E-state index contributed by atoms with van der Waals surface area (Å²) in [4.78, 5) is 48.8. The zero-order valence-electron chi connectivity index (χ0n) is 15.4. The van der Waals surface area contributed by atoms with Crippen molar-refractivity contribution in [3.05, 3.63) is 0 Å². The molecule has 1 saturated heterocycles. The van der Waals surface area contributed by atoms with Gasteiger partial charge in [0.25, 0.3) is 5.79 Å². The van der Waals surface area contributed by atoms with E-state index in [1.165, 1.54) is 0 Å². The molecule has 9 nitrogen and oxygen atoms in total. The Balaban J connectivity index is 4.06. The molecule has 0 aliphatic carbocycles. The molecular formula is C13H18O9. The second-order valence-electron chi connectivity index (χ2n) is 4.84. The first-order valence-electron chi connectivity index (χ1n) is 8.56. The van der Waals surface area contributed by atoms with Gasteiger partial charge in [0.1, 0.15) is 0 Å². The van der Waals surface area contributed by atoms with Crippen molar-refractivity contribution in [2.24, 2.45) is 0 Å². The summed E-state index contributed by atoms with van der Waals surface area (Å²) in [5.74, 6) is -10.8. The van der Waals surface area contributed by atoms with Crippen LogP contribution in [0.25, 0.3) is 0 Å². The molecular weight excluding hydrogens is 300 g/mol. The summed E-state index contributed by atoms with van der Waals surface area (Å²) in [6.45, 7) is -7.06. The molecule has 0 radical (unpaired) electrons. The number of aliphatic hydroxyl groups excluding tert-OH is 1. The number of Topliss-reactive ketones (excluding diaryl/α,β-unsaturated/α-hetero) is 4. The van der Waals surface area contributed by atoms with Crippen molar-refractivity contribution in [3.63, 3.8) is 0 Å². The molecule has 1 aliphatic heterocycles. The molecule has 0 amide bonds. The predicted octanol–water partition coefficient (Wildman–Crippen LogP) is -2.75. The molecule has 0 aromatic carbocycles. The van der Waals surface area contributed by atoms with Gasteiger partial charge in [0, 0.05) is 12.4 Å². The van der Waals surface area contributed by atoms with Crippen molar-refractivity contribution >= 4 is 23.1 Å². The Bertz CT molecular complexity index is 643. The van der Waals surface area contributed by atoms with Crippen LogP contribution in [0.2, 0.25) is 0 Å². The Hall–Kier alpha value is -1.52. The number of rotatable bonds is 5. The molecule has 4 atom stereocenters. The molecule has 0 aromatic rings. The highest BCUT2D eigenvalue weighted by atomic mass is 16.7. The van der Waals surface area contributed by atoms with E-state index < -0.39 is 79.9 Å². The van der Waals surface area contributed by atoms with E-state index in [1.807, 2.05) is 0 Å². The van der Waals surface area contributed by atoms with E-state index in [4.69, 9.17) is 10.2 Å². The van der Waals surface area contributed by atoms with Crippen LogP contribution in [-0.2, 0) is 23.9 Å². The van der Waals surface area contributed by atoms with Gasteiger partial charge in [0.05, 0.1) is 6.61 Å². The van der Waals surface area contributed by atoms with Gasteiger partial charge in [0.15, 0.2) is 28.7 Å². The van der Waals surface area contributed by atoms with E-state index in [2.05, 4.69) is 0 Å². The largest absolute Gasteiger partial charge is 0.393 e. The normalized spacial score (nSPS) is 43.6. The van der Waals surface area contributed by atoms with Crippen LogP contribution in [0.1, 0.15) is 33.1 Å². The van der Waals surface area contributed by atoms with Gasteiger partial charge in [-0.15, -0.1) is 0 Å². The van der Waals surface area contributed by atoms with Gasteiger partial charge in [-0.2, -0.15) is 0 Å². The quantitative estimate of drug-likeness (QED) is 0.421. The molecule has 0 saturated carbocycles. The van der Waals surface area contributed by atoms with Gasteiger partial charge in [-0.1, -0.05) is 0 Å². The zero-order valence-corrected chi connectivity index (χ0v) is 11.4. The fourth-order valence-electron chi connectivity index (χ4n) is 2.51. The van der Waals surface area contributed by atoms with Gasteiger partial charge in [-0.25, -0.2) is 0 Å². The van der Waals surface area contributed by atoms with Gasteiger partial charge >= 0.3 is 0 Å². The standard InChI is InChI=1S/C13H18O9/c1-6(15)10(5-14)11(19,7(2)16)12(20,8(3)17)13(21,22-10)9(4)18/h14,19-21H,5H2,1-4H3/t10-,11+,12+,13?/m0/s1/i1D,2D,3D,4D. The first kappa shape index (κ1) is 13.0. The lowest BCUT2D eigenvalue weighted by atomic mass is 9.65. The van der Waals surface area contributed by atoms with Gasteiger partial charge in [-0.3, -0.25) is 19.2 Å². The smallest absolute Gasteiger partial charge is 0.268 e. The maximum Gasteiger partial charge on any atom is 0.268 e. The summed E-state index contributed by atoms with van der Waals surface area (Å²) in [5.41, 5.74) is -11.2. The zero-order chi connectivity index (χ0) is 20.6. The van der Waals surface area contributed by atoms with Crippen LogP contribution in [0.5, 0.6) is 0 Å². The Morgan fingerprint density at radius 3 is 1.73 bits per heavy atom. The molecule has 1 heterocycles. The van der Waals surface area contributed by atoms with E-state index in [0.29, 0.717) is 0 Å². The molecule has 0 spiro atoms. The minimum absolute atomic E-state index is 1.27. The average molecular weight is 322 g/mol. The van der Waals surface area contributed by atoms with Crippen LogP contribution in [0.4, 0.5) is 0 Å². The van der Waals surface area contributed by atoms with Gasteiger partial charge in [-0.05, 0) is 20.7 Å². The number of hydrogen-bond donors (Lipinski definition) is 4. The van der Waals surface area contributed by atoms with E-state index in [0.717, 1.165) is 0 Å². The Labute approximate surface area is 131 Å². The monoisotopic (exact) mass is 322 g/mol. The summed E-state index contributed by atoms with van der Waals surface area (Å²) in [7, 11) is 0. The van der Waals surface area contributed by atoms with Crippen molar-refractivity contribution in [2.75, 3.05) is 6.61 Å². The lowest BCUT2D eigenvalue weighted by Crippen LogP contribution is -2.75. The molecule has 1 aliphatic rings. The topological polar surface area (TPSA) is 158 Å². The van der Waals surface area contributed by atoms with Crippen LogP contribution >= 0.6 is 0 Å². The Morgan fingerprint density at radius 2 is 1.32 bits per heavy atom. The lowest BCUT2D eigenvalue weighted by molar-refractivity contribution is -0.256. The van der Waals surface area contributed by atoms with E-state index >= 15 is 0 Å². The number of ketones is 4.